The highest BCUT2D eigenvalue weighted by atomic mass is 16.5. The summed E-state index contributed by atoms with van der Waals surface area (Å²) in [5.41, 5.74) is 0. The Labute approximate surface area is 100 Å². The fourth-order valence-corrected chi connectivity index (χ4v) is 3.17. The van der Waals surface area contributed by atoms with Crippen molar-refractivity contribution in [1.29, 1.82) is 0 Å². The Hall–Kier alpha value is -0.0800. The van der Waals surface area contributed by atoms with Crippen molar-refractivity contribution < 1.29 is 4.74 Å². The molecule has 94 valence electrons. The number of rotatable bonds is 5. The van der Waals surface area contributed by atoms with Crippen LogP contribution in [0.15, 0.2) is 0 Å². The maximum Gasteiger partial charge on any atom is 0.0468 e. The van der Waals surface area contributed by atoms with Gasteiger partial charge in [0.15, 0.2) is 0 Å². The molecule has 1 saturated heterocycles. The second kappa shape index (κ2) is 6.02. The molecule has 2 aliphatic rings. The van der Waals surface area contributed by atoms with Crippen molar-refractivity contribution in [3.63, 3.8) is 0 Å². The second-order valence-corrected chi connectivity index (χ2v) is 6.00. The van der Waals surface area contributed by atoms with Crippen LogP contribution in [0.2, 0.25) is 0 Å². The van der Waals surface area contributed by atoms with Gasteiger partial charge in [0.25, 0.3) is 0 Å². The first-order valence-electron chi connectivity index (χ1n) is 7.06. The van der Waals surface area contributed by atoms with Gasteiger partial charge in [0.1, 0.15) is 0 Å². The molecule has 2 rings (SSSR count). The minimum atomic E-state index is 0.779. The third-order valence-corrected chi connectivity index (χ3v) is 4.31. The van der Waals surface area contributed by atoms with Gasteiger partial charge in [0.2, 0.25) is 0 Å². The molecule has 1 aliphatic carbocycles. The SMILES string of the molecule is CC(C)CNCC1CCC1C1CCOCC1. The molecule has 0 spiro atoms. The highest BCUT2D eigenvalue weighted by molar-refractivity contribution is 4.88. The van der Waals surface area contributed by atoms with E-state index in [9.17, 15) is 0 Å². The lowest BCUT2D eigenvalue weighted by Gasteiger charge is -2.43. The highest BCUT2D eigenvalue weighted by Crippen LogP contribution is 2.42. The lowest BCUT2D eigenvalue weighted by Crippen LogP contribution is -2.41. The van der Waals surface area contributed by atoms with E-state index in [1.165, 1.54) is 38.8 Å². The van der Waals surface area contributed by atoms with Crippen molar-refractivity contribution in [1.82, 2.24) is 5.32 Å². The Morgan fingerprint density at radius 3 is 2.44 bits per heavy atom. The summed E-state index contributed by atoms with van der Waals surface area (Å²) in [6.45, 7) is 9.01. The predicted octanol–water partition coefficient (Wildman–Crippen LogP) is 2.68. The van der Waals surface area contributed by atoms with E-state index in [2.05, 4.69) is 19.2 Å². The van der Waals surface area contributed by atoms with E-state index in [4.69, 9.17) is 4.74 Å². The smallest absolute Gasteiger partial charge is 0.0468 e. The molecule has 0 amide bonds. The first-order valence-corrected chi connectivity index (χ1v) is 7.06. The second-order valence-electron chi connectivity index (χ2n) is 6.00. The molecule has 0 aromatic carbocycles. The Bertz CT molecular complexity index is 199. The molecule has 0 aromatic rings. The molecule has 1 N–H and O–H groups in total. The first-order chi connectivity index (χ1) is 7.77. The zero-order valence-corrected chi connectivity index (χ0v) is 10.9. The Morgan fingerprint density at radius 1 is 1.12 bits per heavy atom. The largest absolute Gasteiger partial charge is 0.381 e. The van der Waals surface area contributed by atoms with Crippen LogP contribution in [-0.2, 0) is 4.74 Å². The summed E-state index contributed by atoms with van der Waals surface area (Å²) in [7, 11) is 0. The quantitative estimate of drug-likeness (QED) is 0.777. The monoisotopic (exact) mass is 225 g/mol. The van der Waals surface area contributed by atoms with Gasteiger partial charge >= 0.3 is 0 Å². The van der Waals surface area contributed by atoms with Crippen LogP contribution in [-0.4, -0.2) is 26.3 Å². The minimum Gasteiger partial charge on any atom is -0.381 e. The summed E-state index contributed by atoms with van der Waals surface area (Å²) in [5.74, 6) is 3.71. The standard InChI is InChI=1S/C14H27NO/c1-11(2)9-15-10-13-3-4-14(13)12-5-7-16-8-6-12/h11-15H,3-10H2,1-2H3. The number of ether oxygens (including phenoxy) is 1. The molecule has 16 heavy (non-hydrogen) atoms. The number of nitrogens with one attached hydrogen (secondary N) is 1. The summed E-state index contributed by atoms with van der Waals surface area (Å²) >= 11 is 0. The fraction of sp³-hybridized carbons (Fsp3) is 1.00. The lowest BCUT2D eigenvalue weighted by atomic mass is 9.65. The average molecular weight is 225 g/mol. The van der Waals surface area contributed by atoms with Gasteiger partial charge in [-0.15, -0.1) is 0 Å². The van der Waals surface area contributed by atoms with Crippen LogP contribution in [0, 0.1) is 23.7 Å². The molecular formula is C14H27NO. The van der Waals surface area contributed by atoms with E-state index in [0.717, 1.165) is 36.9 Å². The zero-order valence-electron chi connectivity index (χ0n) is 10.9. The molecule has 2 heteroatoms. The van der Waals surface area contributed by atoms with Crippen molar-refractivity contribution in [3.05, 3.63) is 0 Å². The Kier molecular flexibility index (Phi) is 4.66. The predicted molar refractivity (Wildman–Crippen MR) is 67.5 cm³/mol. The van der Waals surface area contributed by atoms with E-state index in [0.29, 0.717) is 0 Å². The van der Waals surface area contributed by atoms with E-state index < -0.39 is 0 Å². The molecule has 1 saturated carbocycles. The van der Waals surface area contributed by atoms with Gasteiger partial charge in [-0.25, -0.2) is 0 Å². The third-order valence-electron chi connectivity index (χ3n) is 4.31. The van der Waals surface area contributed by atoms with Crippen LogP contribution in [0.1, 0.15) is 39.5 Å². The summed E-state index contributed by atoms with van der Waals surface area (Å²) in [6, 6.07) is 0. The lowest BCUT2D eigenvalue weighted by molar-refractivity contribution is 0.00364. The number of hydrogen-bond acceptors (Lipinski definition) is 2. The molecule has 0 aromatic heterocycles. The maximum absolute atomic E-state index is 5.45. The van der Waals surface area contributed by atoms with Crippen LogP contribution in [0.5, 0.6) is 0 Å². The summed E-state index contributed by atoms with van der Waals surface area (Å²) in [5, 5.41) is 3.62. The third kappa shape index (κ3) is 3.21. The van der Waals surface area contributed by atoms with Crippen molar-refractivity contribution in [3.8, 4) is 0 Å². The Balaban J connectivity index is 1.66. The topological polar surface area (TPSA) is 21.3 Å². The average Bonchev–Trinajstić information content (AvgIpc) is 2.24. The molecule has 2 nitrogen and oxygen atoms in total. The minimum absolute atomic E-state index is 0.779. The van der Waals surface area contributed by atoms with Gasteiger partial charge in [-0.2, -0.15) is 0 Å². The molecular weight excluding hydrogens is 198 g/mol. The molecule has 0 bridgehead atoms. The summed E-state index contributed by atoms with van der Waals surface area (Å²) in [4.78, 5) is 0. The number of hydrogen-bond donors (Lipinski definition) is 1. The highest BCUT2D eigenvalue weighted by Gasteiger charge is 2.36. The molecule has 2 fully saturated rings. The molecule has 2 atom stereocenters. The molecule has 1 aliphatic heterocycles. The maximum atomic E-state index is 5.45. The van der Waals surface area contributed by atoms with Crippen LogP contribution in [0.3, 0.4) is 0 Å². The molecule has 1 heterocycles. The Morgan fingerprint density at radius 2 is 1.88 bits per heavy atom. The van der Waals surface area contributed by atoms with Crippen LogP contribution < -0.4 is 5.32 Å². The summed E-state index contributed by atoms with van der Waals surface area (Å²) in [6.07, 6.45) is 5.54. The van der Waals surface area contributed by atoms with Gasteiger partial charge < -0.3 is 10.1 Å². The van der Waals surface area contributed by atoms with E-state index in [-0.39, 0.29) is 0 Å². The first kappa shape index (κ1) is 12.4. The summed E-state index contributed by atoms with van der Waals surface area (Å²) < 4.78 is 5.45. The van der Waals surface area contributed by atoms with E-state index >= 15 is 0 Å². The van der Waals surface area contributed by atoms with Gasteiger partial charge in [-0.05, 0) is 62.4 Å². The van der Waals surface area contributed by atoms with Gasteiger partial charge in [-0.3, -0.25) is 0 Å². The van der Waals surface area contributed by atoms with Crippen LogP contribution in [0.25, 0.3) is 0 Å². The van der Waals surface area contributed by atoms with Crippen molar-refractivity contribution in [2.75, 3.05) is 26.3 Å². The molecule has 2 unspecified atom stereocenters. The zero-order chi connectivity index (χ0) is 11.4. The fourth-order valence-electron chi connectivity index (χ4n) is 3.17. The van der Waals surface area contributed by atoms with Gasteiger partial charge in [0.05, 0.1) is 0 Å². The van der Waals surface area contributed by atoms with Crippen molar-refractivity contribution >= 4 is 0 Å². The van der Waals surface area contributed by atoms with Crippen molar-refractivity contribution in [2.45, 2.75) is 39.5 Å². The van der Waals surface area contributed by atoms with Crippen LogP contribution in [0.4, 0.5) is 0 Å². The van der Waals surface area contributed by atoms with Gasteiger partial charge in [0, 0.05) is 13.2 Å². The van der Waals surface area contributed by atoms with Crippen LogP contribution >= 0.6 is 0 Å². The van der Waals surface area contributed by atoms with E-state index in [1.54, 1.807) is 0 Å². The normalized spacial score (nSPS) is 31.7. The van der Waals surface area contributed by atoms with E-state index in [1.807, 2.05) is 0 Å². The van der Waals surface area contributed by atoms with Crippen molar-refractivity contribution in [2.24, 2.45) is 23.7 Å². The van der Waals surface area contributed by atoms with Gasteiger partial charge in [-0.1, -0.05) is 13.8 Å². The molecule has 0 radical (unpaired) electrons.